The zero-order valence-electron chi connectivity index (χ0n) is 9.33. The zero-order chi connectivity index (χ0) is 12.3. The number of hydrogen-bond donors (Lipinski definition) is 2. The van der Waals surface area contributed by atoms with Gasteiger partial charge in [-0.2, -0.15) is 4.31 Å². The van der Waals surface area contributed by atoms with Gasteiger partial charge in [-0.3, -0.25) is 5.43 Å². The lowest BCUT2D eigenvalue weighted by molar-refractivity contribution is 0.346. The molecule has 7 nitrogen and oxygen atoms in total. The molecule has 0 atom stereocenters. The molecule has 0 spiro atoms. The van der Waals surface area contributed by atoms with E-state index in [0.29, 0.717) is 13.1 Å². The third-order valence-electron chi connectivity index (χ3n) is 2.71. The van der Waals surface area contributed by atoms with E-state index in [1.807, 2.05) is 0 Å². The molecule has 0 saturated carbocycles. The highest BCUT2D eigenvalue weighted by molar-refractivity contribution is 7.89. The topological polar surface area (TPSA) is 101 Å². The van der Waals surface area contributed by atoms with Crippen molar-refractivity contribution in [2.45, 2.75) is 24.2 Å². The number of hydrazine groups is 1. The number of piperidine rings is 1. The Balaban J connectivity index is 2.23. The first kappa shape index (κ1) is 12.2. The number of aromatic nitrogens is 2. The van der Waals surface area contributed by atoms with Gasteiger partial charge in [0.1, 0.15) is 4.90 Å². The predicted octanol–water partition coefficient (Wildman–Crippen LogP) is -0.0632. The van der Waals surface area contributed by atoms with E-state index in [1.54, 1.807) is 0 Å². The summed E-state index contributed by atoms with van der Waals surface area (Å²) >= 11 is 0. The Kier molecular flexibility index (Phi) is 3.55. The van der Waals surface area contributed by atoms with Crippen molar-refractivity contribution in [2.75, 3.05) is 18.5 Å². The van der Waals surface area contributed by atoms with Crippen molar-refractivity contribution in [1.82, 2.24) is 14.3 Å². The number of nitrogen functional groups attached to an aromatic ring is 1. The van der Waals surface area contributed by atoms with Crippen LogP contribution in [0.2, 0.25) is 0 Å². The Morgan fingerprint density at radius 1 is 1.18 bits per heavy atom. The second kappa shape index (κ2) is 4.94. The molecule has 1 saturated heterocycles. The minimum atomic E-state index is -3.45. The molecule has 17 heavy (non-hydrogen) atoms. The van der Waals surface area contributed by atoms with Gasteiger partial charge in [-0.05, 0) is 12.8 Å². The molecule has 0 unspecified atom stereocenters. The molecule has 94 valence electrons. The van der Waals surface area contributed by atoms with Gasteiger partial charge in [-0.1, -0.05) is 6.42 Å². The molecule has 2 heterocycles. The summed E-state index contributed by atoms with van der Waals surface area (Å²) in [5.74, 6) is 5.31. The van der Waals surface area contributed by atoms with Crippen LogP contribution >= 0.6 is 0 Å². The molecule has 2 rings (SSSR count). The van der Waals surface area contributed by atoms with Gasteiger partial charge in [0.25, 0.3) is 0 Å². The molecular formula is C9H15N5O2S. The van der Waals surface area contributed by atoms with Crippen molar-refractivity contribution in [3.05, 3.63) is 12.4 Å². The van der Waals surface area contributed by atoms with Crippen molar-refractivity contribution in [1.29, 1.82) is 0 Å². The van der Waals surface area contributed by atoms with Crippen molar-refractivity contribution >= 4 is 16.0 Å². The van der Waals surface area contributed by atoms with Gasteiger partial charge in [-0.25, -0.2) is 24.2 Å². The molecule has 1 aliphatic rings. The van der Waals surface area contributed by atoms with E-state index >= 15 is 0 Å². The van der Waals surface area contributed by atoms with Crippen LogP contribution in [0.3, 0.4) is 0 Å². The molecular weight excluding hydrogens is 242 g/mol. The average Bonchev–Trinajstić information content (AvgIpc) is 2.40. The van der Waals surface area contributed by atoms with Crippen molar-refractivity contribution in [2.24, 2.45) is 5.84 Å². The van der Waals surface area contributed by atoms with E-state index in [1.165, 1.54) is 16.7 Å². The lowest BCUT2D eigenvalue weighted by atomic mass is 10.2. The fourth-order valence-electron chi connectivity index (χ4n) is 1.78. The highest BCUT2D eigenvalue weighted by Gasteiger charge is 2.26. The maximum absolute atomic E-state index is 12.2. The number of nitrogens with zero attached hydrogens (tertiary/aromatic N) is 3. The first-order chi connectivity index (χ1) is 8.14. The number of nitrogens with two attached hydrogens (primary N) is 1. The van der Waals surface area contributed by atoms with Crippen LogP contribution < -0.4 is 11.3 Å². The van der Waals surface area contributed by atoms with Gasteiger partial charge in [0.05, 0.1) is 12.4 Å². The van der Waals surface area contributed by atoms with E-state index in [9.17, 15) is 8.42 Å². The normalized spacial score (nSPS) is 17.9. The van der Waals surface area contributed by atoms with E-state index in [0.717, 1.165) is 19.3 Å². The number of anilines is 1. The summed E-state index contributed by atoms with van der Waals surface area (Å²) in [4.78, 5) is 7.72. The summed E-state index contributed by atoms with van der Waals surface area (Å²) in [7, 11) is -3.45. The Hall–Kier alpha value is -1.25. The van der Waals surface area contributed by atoms with Gasteiger partial charge in [0.2, 0.25) is 16.0 Å². The largest absolute Gasteiger partial charge is 0.292 e. The summed E-state index contributed by atoms with van der Waals surface area (Å²) in [6.07, 6.45) is 5.43. The van der Waals surface area contributed by atoms with Crippen LogP contribution in [-0.4, -0.2) is 35.8 Å². The van der Waals surface area contributed by atoms with Crippen molar-refractivity contribution < 1.29 is 8.42 Å². The second-order valence-corrected chi connectivity index (χ2v) is 5.79. The molecule has 0 aliphatic carbocycles. The molecule has 3 N–H and O–H groups in total. The fourth-order valence-corrected chi connectivity index (χ4v) is 3.19. The third-order valence-corrected chi connectivity index (χ3v) is 4.56. The molecule has 1 fully saturated rings. The quantitative estimate of drug-likeness (QED) is 0.581. The number of rotatable bonds is 3. The summed E-state index contributed by atoms with van der Waals surface area (Å²) in [6, 6.07) is 0. The molecule has 0 bridgehead atoms. The van der Waals surface area contributed by atoms with Gasteiger partial charge in [0, 0.05) is 13.1 Å². The summed E-state index contributed by atoms with van der Waals surface area (Å²) < 4.78 is 25.8. The molecule has 1 aliphatic heterocycles. The van der Waals surface area contributed by atoms with E-state index < -0.39 is 10.0 Å². The Morgan fingerprint density at radius 2 is 1.76 bits per heavy atom. The standard InChI is InChI=1S/C9H15N5O2S/c10-13-9-11-6-8(7-12-9)17(15,16)14-4-2-1-3-5-14/h6-7H,1-5,10H2,(H,11,12,13). The maximum atomic E-state index is 12.2. The fraction of sp³-hybridized carbons (Fsp3) is 0.556. The third kappa shape index (κ3) is 2.54. The Bertz CT molecular complexity index is 467. The molecule has 0 amide bonds. The monoisotopic (exact) mass is 257 g/mol. The SMILES string of the molecule is NNc1ncc(S(=O)(=O)N2CCCCC2)cn1. The van der Waals surface area contributed by atoms with E-state index in [2.05, 4.69) is 15.4 Å². The minimum Gasteiger partial charge on any atom is -0.292 e. The number of hydrogen-bond acceptors (Lipinski definition) is 6. The minimum absolute atomic E-state index is 0.110. The highest BCUT2D eigenvalue weighted by Crippen LogP contribution is 2.19. The van der Waals surface area contributed by atoms with Crippen LogP contribution in [0.15, 0.2) is 17.3 Å². The van der Waals surface area contributed by atoms with Gasteiger partial charge < -0.3 is 0 Å². The number of nitrogens with one attached hydrogen (secondary N) is 1. The summed E-state index contributed by atoms with van der Waals surface area (Å²) in [5.41, 5.74) is 2.25. The van der Waals surface area contributed by atoms with Crippen molar-refractivity contribution in [3.63, 3.8) is 0 Å². The van der Waals surface area contributed by atoms with Crippen molar-refractivity contribution in [3.8, 4) is 0 Å². The summed E-state index contributed by atoms with van der Waals surface area (Å²) in [6.45, 7) is 1.14. The molecule has 8 heteroatoms. The van der Waals surface area contributed by atoms with Crippen LogP contribution in [0.1, 0.15) is 19.3 Å². The van der Waals surface area contributed by atoms with E-state index in [-0.39, 0.29) is 10.8 Å². The van der Waals surface area contributed by atoms with Gasteiger partial charge in [-0.15, -0.1) is 0 Å². The Labute approximate surface area is 100 Å². The summed E-state index contributed by atoms with van der Waals surface area (Å²) in [5, 5.41) is 0. The van der Waals surface area contributed by atoms with E-state index in [4.69, 9.17) is 5.84 Å². The predicted molar refractivity (Wildman–Crippen MR) is 62.5 cm³/mol. The molecule has 0 radical (unpaired) electrons. The Morgan fingerprint density at radius 3 is 2.29 bits per heavy atom. The van der Waals surface area contributed by atoms with Gasteiger partial charge in [0.15, 0.2) is 0 Å². The smallest absolute Gasteiger partial charge is 0.246 e. The van der Waals surface area contributed by atoms with Crippen LogP contribution in [0.4, 0.5) is 5.95 Å². The average molecular weight is 257 g/mol. The molecule has 1 aromatic heterocycles. The molecule has 0 aromatic carbocycles. The van der Waals surface area contributed by atoms with Crippen LogP contribution in [0.5, 0.6) is 0 Å². The highest BCUT2D eigenvalue weighted by atomic mass is 32.2. The second-order valence-electron chi connectivity index (χ2n) is 3.85. The lowest BCUT2D eigenvalue weighted by Gasteiger charge is -2.25. The van der Waals surface area contributed by atoms with Gasteiger partial charge >= 0.3 is 0 Å². The molecule has 1 aromatic rings. The van der Waals surface area contributed by atoms with Crippen LogP contribution in [0, 0.1) is 0 Å². The zero-order valence-corrected chi connectivity index (χ0v) is 10.2. The lowest BCUT2D eigenvalue weighted by Crippen LogP contribution is -2.35. The maximum Gasteiger partial charge on any atom is 0.246 e. The van der Waals surface area contributed by atoms with Crippen LogP contribution in [0.25, 0.3) is 0 Å². The first-order valence-electron chi connectivity index (χ1n) is 5.43. The first-order valence-corrected chi connectivity index (χ1v) is 6.87. The number of sulfonamides is 1. The van der Waals surface area contributed by atoms with Crippen LogP contribution in [-0.2, 0) is 10.0 Å².